The maximum Gasteiger partial charge on any atom is 0.185 e. The summed E-state index contributed by atoms with van der Waals surface area (Å²) in [5.41, 5.74) is 1.46. The molecule has 2 aromatic carbocycles. The molecule has 0 aromatic heterocycles. The number of carbonyl (C=O) groups excluding carboxylic acids is 1. The lowest BCUT2D eigenvalue weighted by Gasteiger charge is -2.12. The van der Waals surface area contributed by atoms with Gasteiger partial charge in [0.25, 0.3) is 0 Å². The third-order valence-corrected chi connectivity index (χ3v) is 4.37. The van der Waals surface area contributed by atoms with Crippen LogP contribution in [0.2, 0.25) is 0 Å². The summed E-state index contributed by atoms with van der Waals surface area (Å²) in [6.07, 6.45) is 7.53. The van der Waals surface area contributed by atoms with Crippen molar-refractivity contribution in [3.05, 3.63) is 59.7 Å². The molecule has 156 valence electrons. The van der Waals surface area contributed by atoms with E-state index < -0.39 is 0 Å². The molecule has 0 radical (unpaired) electrons. The first kappa shape index (κ1) is 22.5. The average Bonchev–Trinajstić information content (AvgIpc) is 2.74. The molecule has 0 saturated heterocycles. The Balaban J connectivity index is 2.14. The number of hydrogen-bond donors (Lipinski definition) is 0. The standard InChI is InChI=1S/C25H32O4/c1-4-7-17-28-23-14-16-25(29-18-8-5-2)21(19-23)11-15-24(26)20-9-12-22(13-10-20)27-6-3/h9-16,19H,4-8,17-18H2,1-3H3/b15-11+. The van der Waals surface area contributed by atoms with E-state index in [2.05, 4.69) is 13.8 Å². The SMILES string of the molecule is CCCCOc1ccc(OCCCC)c(/C=C/C(=O)c2ccc(OCC)cc2)c1. The summed E-state index contributed by atoms with van der Waals surface area (Å²) in [6, 6.07) is 12.9. The summed E-state index contributed by atoms with van der Waals surface area (Å²) in [4.78, 5) is 12.6. The molecule has 4 heteroatoms. The van der Waals surface area contributed by atoms with Gasteiger partial charge in [-0.05, 0) is 74.4 Å². The van der Waals surface area contributed by atoms with Crippen LogP contribution in [0, 0.1) is 0 Å². The van der Waals surface area contributed by atoms with Crippen LogP contribution in [-0.2, 0) is 0 Å². The Morgan fingerprint density at radius 2 is 1.48 bits per heavy atom. The fourth-order valence-corrected chi connectivity index (χ4v) is 2.68. The quantitative estimate of drug-likeness (QED) is 0.225. The fourth-order valence-electron chi connectivity index (χ4n) is 2.68. The van der Waals surface area contributed by atoms with E-state index in [0.29, 0.717) is 25.4 Å². The highest BCUT2D eigenvalue weighted by Gasteiger charge is 2.07. The Morgan fingerprint density at radius 3 is 2.14 bits per heavy atom. The van der Waals surface area contributed by atoms with Crippen molar-refractivity contribution >= 4 is 11.9 Å². The van der Waals surface area contributed by atoms with Gasteiger partial charge in [0.1, 0.15) is 17.2 Å². The molecule has 0 aliphatic rings. The van der Waals surface area contributed by atoms with E-state index in [9.17, 15) is 4.79 Å². The zero-order valence-electron chi connectivity index (χ0n) is 17.8. The van der Waals surface area contributed by atoms with E-state index in [1.165, 1.54) is 0 Å². The summed E-state index contributed by atoms with van der Waals surface area (Å²) < 4.78 is 17.1. The van der Waals surface area contributed by atoms with Crippen molar-refractivity contribution in [2.24, 2.45) is 0 Å². The molecular weight excluding hydrogens is 364 g/mol. The van der Waals surface area contributed by atoms with Crippen LogP contribution >= 0.6 is 0 Å². The zero-order valence-corrected chi connectivity index (χ0v) is 17.8. The second-order valence-corrected chi connectivity index (χ2v) is 6.76. The van der Waals surface area contributed by atoms with Gasteiger partial charge in [0.05, 0.1) is 19.8 Å². The molecule has 0 aliphatic carbocycles. The minimum atomic E-state index is -0.0649. The summed E-state index contributed by atoms with van der Waals surface area (Å²) in [5, 5.41) is 0. The largest absolute Gasteiger partial charge is 0.494 e. The summed E-state index contributed by atoms with van der Waals surface area (Å²) >= 11 is 0. The minimum Gasteiger partial charge on any atom is -0.494 e. The van der Waals surface area contributed by atoms with Gasteiger partial charge in [0.15, 0.2) is 5.78 Å². The molecule has 0 saturated carbocycles. The van der Waals surface area contributed by atoms with E-state index in [4.69, 9.17) is 14.2 Å². The monoisotopic (exact) mass is 396 g/mol. The highest BCUT2D eigenvalue weighted by atomic mass is 16.5. The molecule has 0 spiro atoms. The van der Waals surface area contributed by atoms with Gasteiger partial charge in [-0.1, -0.05) is 26.7 Å². The van der Waals surface area contributed by atoms with Crippen LogP contribution in [0.15, 0.2) is 48.5 Å². The lowest BCUT2D eigenvalue weighted by Crippen LogP contribution is -2.01. The first-order valence-electron chi connectivity index (χ1n) is 10.5. The predicted octanol–water partition coefficient (Wildman–Crippen LogP) is 6.34. The third kappa shape index (κ3) is 7.65. The first-order chi connectivity index (χ1) is 14.2. The number of rotatable bonds is 13. The Labute approximate surface area is 174 Å². The fraction of sp³-hybridized carbons (Fsp3) is 0.400. The van der Waals surface area contributed by atoms with Crippen molar-refractivity contribution in [1.29, 1.82) is 0 Å². The molecule has 29 heavy (non-hydrogen) atoms. The number of allylic oxidation sites excluding steroid dienone is 1. The van der Waals surface area contributed by atoms with E-state index in [1.807, 2.05) is 37.3 Å². The third-order valence-electron chi connectivity index (χ3n) is 4.37. The van der Waals surface area contributed by atoms with Crippen LogP contribution in [0.4, 0.5) is 0 Å². The van der Waals surface area contributed by atoms with Crippen LogP contribution in [-0.4, -0.2) is 25.6 Å². The van der Waals surface area contributed by atoms with Crippen LogP contribution in [0.5, 0.6) is 17.2 Å². The van der Waals surface area contributed by atoms with E-state index in [-0.39, 0.29) is 5.78 Å². The van der Waals surface area contributed by atoms with Crippen molar-refractivity contribution in [2.45, 2.75) is 46.5 Å². The van der Waals surface area contributed by atoms with Gasteiger partial charge in [0.2, 0.25) is 0 Å². The lowest BCUT2D eigenvalue weighted by molar-refractivity contribution is 0.104. The van der Waals surface area contributed by atoms with Crippen LogP contribution in [0.3, 0.4) is 0 Å². The van der Waals surface area contributed by atoms with Crippen molar-refractivity contribution < 1.29 is 19.0 Å². The Morgan fingerprint density at radius 1 is 0.828 bits per heavy atom. The lowest BCUT2D eigenvalue weighted by atomic mass is 10.1. The van der Waals surface area contributed by atoms with Gasteiger partial charge in [-0.3, -0.25) is 4.79 Å². The molecule has 0 unspecified atom stereocenters. The average molecular weight is 397 g/mol. The maximum atomic E-state index is 12.6. The molecule has 2 aromatic rings. The Kier molecular flexibility index (Phi) is 9.84. The van der Waals surface area contributed by atoms with E-state index in [1.54, 1.807) is 24.3 Å². The molecule has 4 nitrogen and oxygen atoms in total. The summed E-state index contributed by atoms with van der Waals surface area (Å²) in [6.45, 7) is 8.13. The first-order valence-corrected chi connectivity index (χ1v) is 10.5. The van der Waals surface area contributed by atoms with Gasteiger partial charge in [-0.25, -0.2) is 0 Å². The maximum absolute atomic E-state index is 12.6. The normalized spacial score (nSPS) is 10.9. The van der Waals surface area contributed by atoms with E-state index >= 15 is 0 Å². The molecule has 0 N–H and O–H groups in total. The highest BCUT2D eigenvalue weighted by molar-refractivity contribution is 6.07. The van der Waals surface area contributed by atoms with Gasteiger partial charge in [-0.2, -0.15) is 0 Å². The summed E-state index contributed by atoms with van der Waals surface area (Å²) in [5.74, 6) is 2.24. The van der Waals surface area contributed by atoms with Crippen molar-refractivity contribution in [3.63, 3.8) is 0 Å². The molecule has 0 aliphatic heterocycles. The number of benzene rings is 2. The Hall–Kier alpha value is -2.75. The number of carbonyl (C=O) groups is 1. The molecule has 0 fully saturated rings. The molecule has 0 atom stereocenters. The Bertz CT molecular complexity index is 778. The van der Waals surface area contributed by atoms with Crippen LogP contribution in [0.25, 0.3) is 6.08 Å². The highest BCUT2D eigenvalue weighted by Crippen LogP contribution is 2.26. The van der Waals surface area contributed by atoms with E-state index in [0.717, 1.165) is 48.5 Å². The van der Waals surface area contributed by atoms with Crippen molar-refractivity contribution in [2.75, 3.05) is 19.8 Å². The number of ether oxygens (including phenoxy) is 3. The number of unbranched alkanes of at least 4 members (excludes halogenated alkanes) is 2. The predicted molar refractivity (Wildman–Crippen MR) is 118 cm³/mol. The molecule has 0 heterocycles. The second kappa shape index (κ2) is 12.7. The molecule has 2 rings (SSSR count). The summed E-state index contributed by atoms with van der Waals surface area (Å²) in [7, 11) is 0. The van der Waals surface area contributed by atoms with Crippen molar-refractivity contribution in [3.8, 4) is 17.2 Å². The van der Waals surface area contributed by atoms with Gasteiger partial charge in [0, 0.05) is 11.1 Å². The number of hydrogen-bond acceptors (Lipinski definition) is 4. The zero-order chi connectivity index (χ0) is 20.9. The minimum absolute atomic E-state index is 0.0649. The molecular formula is C25H32O4. The van der Waals surface area contributed by atoms with Crippen LogP contribution < -0.4 is 14.2 Å². The molecule has 0 bridgehead atoms. The second-order valence-electron chi connectivity index (χ2n) is 6.76. The molecule has 0 amide bonds. The topological polar surface area (TPSA) is 44.8 Å². The van der Waals surface area contributed by atoms with Gasteiger partial charge < -0.3 is 14.2 Å². The smallest absolute Gasteiger partial charge is 0.185 e. The van der Waals surface area contributed by atoms with Crippen LogP contribution in [0.1, 0.15) is 62.4 Å². The van der Waals surface area contributed by atoms with Crippen molar-refractivity contribution in [1.82, 2.24) is 0 Å². The van der Waals surface area contributed by atoms with Gasteiger partial charge >= 0.3 is 0 Å². The van der Waals surface area contributed by atoms with Gasteiger partial charge in [-0.15, -0.1) is 0 Å². The number of ketones is 1.